The Bertz CT molecular complexity index is 399. The molecule has 0 aliphatic heterocycles. The third-order valence-corrected chi connectivity index (χ3v) is 2.33. The van der Waals surface area contributed by atoms with Gasteiger partial charge >= 0.3 is 0 Å². The molecular weight excluding hydrogens is 256 g/mol. The summed E-state index contributed by atoms with van der Waals surface area (Å²) < 4.78 is 10.7. The predicted octanol–water partition coefficient (Wildman–Crippen LogP) is 1.65. The van der Waals surface area contributed by atoms with Gasteiger partial charge in [-0.3, -0.25) is 4.79 Å². The van der Waals surface area contributed by atoms with Crippen molar-refractivity contribution in [3.8, 4) is 5.75 Å². The van der Waals surface area contributed by atoms with Gasteiger partial charge in [0.2, 0.25) is 5.91 Å². The first-order valence-electron chi connectivity index (χ1n) is 5.67. The molecule has 0 aromatic heterocycles. The monoisotopic (exact) mass is 272 g/mol. The molecule has 0 bridgehead atoms. The molecule has 5 nitrogen and oxygen atoms in total. The Morgan fingerprint density at radius 3 is 2.89 bits per heavy atom. The molecule has 18 heavy (non-hydrogen) atoms. The highest BCUT2D eigenvalue weighted by atomic mass is 35.5. The van der Waals surface area contributed by atoms with Gasteiger partial charge in [-0.1, -0.05) is 11.6 Å². The Hall–Kier alpha value is -1.30. The molecule has 0 saturated carbocycles. The van der Waals surface area contributed by atoms with Crippen molar-refractivity contribution < 1.29 is 14.3 Å². The predicted molar refractivity (Wildman–Crippen MR) is 71.1 cm³/mol. The molecule has 100 valence electrons. The minimum atomic E-state index is -0.299. The van der Waals surface area contributed by atoms with Crippen LogP contribution in [0.3, 0.4) is 0 Å². The number of hydrogen-bond acceptors (Lipinski definition) is 4. The van der Waals surface area contributed by atoms with Crippen LogP contribution in [0.2, 0.25) is 5.02 Å². The Balaban J connectivity index is 2.67. The number of halogens is 1. The zero-order valence-electron chi connectivity index (χ0n) is 10.2. The number of ether oxygens (including phenoxy) is 2. The summed E-state index contributed by atoms with van der Waals surface area (Å²) in [6, 6.07) is 5.00. The molecule has 0 radical (unpaired) electrons. The van der Waals surface area contributed by atoms with E-state index in [0.717, 1.165) is 0 Å². The van der Waals surface area contributed by atoms with Crippen molar-refractivity contribution in [2.45, 2.75) is 6.92 Å². The molecule has 1 rings (SSSR count). The fourth-order valence-corrected chi connectivity index (χ4v) is 1.45. The van der Waals surface area contributed by atoms with Crippen LogP contribution in [0, 0.1) is 0 Å². The van der Waals surface area contributed by atoms with Crippen LogP contribution in [0.5, 0.6) is 5.75 Å². The van der Waals surface area contributed by atoms with Crippen LogP contribution < -0.4 is 15.8 Å². The van der Waals surface area contributed by atoms with E-state index in [9.17, 15) is 4.79 Å². The normalized spacial score (nSPS) is 10.2. The summed E-state index contributed by atoms with van der Waals surface area (Å²) in [6.45, 7) is 3.35. The molecule has 0 atom stereocenters. The number of hydrogen-bond donors (Lipinski definition) is 2. The van der Waals surface area contributed by atoms with E-state index in [0.29, 0.717) is 36.3 Å². The highest BCUT2D eigenvalue weighted by molar-refractivity contribution is 6.31. The summed E-state index contributed by atoms with van der Waals surface area (Å²) in [7, 11) is 0. The van der Waals surface area contributed by atoms with E-state index in [1.165, 1.54) is 0 Å². The molecule has 1 aromatic carbocycles. The van der Waals surface area contributed by atoms with Crippen molar-refractivity contribution >= 4 is 23.2 Å². The fraction of sp³-hybridized carbons (Fsp3) is 0.417. The minimum Gasteiger partial charge on any atom is -0.489 e. The number of nitrogens with two attached hydrogens (primary N) is 1. The quantitative estimate of drug-likeness (QED) is 0.740. The lowest BCUT2D eigenvalue weighted by atomic mass is 10.3. The molecular formula is C12H17ClN2O3. The Morgan fingerprint density at radius 1 is 1.44 bits per heavy atom. The molecule has 3 N–H and O–H groups in total. The standard InChI is InChI=1S/C12H17ClN2O3/c1-2-17-5-6-18-11-4-3-9(13)7-10(11)15-12(16)8-14/h3-4,7H,2,5-6,8,14H2,1H3,(H,15,16). The summed E-state index contributed by atoms with van der Waals surface area (Å²) in [6.07, 6.45) is 0. The summed E-state index contributed by atoms with van der Waals surface area (Å²) in [4.78, 5) is 11.3. The first kappa shape index (κ1) is 14.8. The average Bonchev–Trinajstić information content (AvgIpc) is 2.36. The maximum absolute atomic E-state index is 11.3. The average molecular weight is 273 g/mol. The van der Waals surface area contributed by atoms with Gasteiger partial charge in [0, 0.05) is 11.6 Å². The lowest BCUT2D eigenvalue weighted by Gasteiger charge is -2.12. The number of amides is 1. The minimum absolute atomic E-state index is 0.0924. The van der Waals surface area contributed by atoms with Crippen LogP contribution >= 0.6 is 11.6 Å². The molecule has 0 unspecified atom stereocenters. The summed E-state index contributed by atoms with van der Waals surface area (Å²) >= 11 is 5.86. The van der Waals surface area contributed by atoms with Gasteiger partial charge in [-0.05, 0) is 25.1 Å². The second-order valence-corrected chi connectivity index (χ2v) is 3.87. The van der Waals surface area contributed by atoms with Crippen LogP contribution in [-0.4, -0.2) is 32.3 Å². The number of nitrogens with one attached hydrogen (secondary N) is 1. The largest absolute Gasteiger partial charge is 0.489 e. The van der Waals surface area contributed by atoms with E-state index in [2.05, 4.69) is 5.32 Å². The van der Waals surface area contributed by atoms with Gasteiger partial charge in [0.25, 0.3) is 0 Å². The van der Waals surface area contributed by atoms with Crippen molar-refractivity contribution in [2.75, 3.05) is 31.7 Å². The Morgan fingerprint density at radius 2 is 2.22 bits per heavy atom. The highest BCUT2D eigenvalue weighted by Crippen LogP contribution is 2.27. The van der Waals surface area contributed by atoms with Gasteiger partial charge in [-0.25, -0.2) is 0 Å². The third kappa shape index (κ3) is 4.91. The van der Waals surface area contributed by atoms with E-state index in [1.807, 2.05) is 6.92 Å². The van der Waals surface area contributed by atoms with Gasteiger partial charge in [-0.15, -0.1) is 0 Å². The van der Waals surface area contributed by atoms with Gasteiger partial charge < -0.3 is 20.5 Å². The molecule has 0 spiro atoms. The van der Waals surface area contributed by atoms with Gasteiger partial charge in [0.15, 0.2) is 0 Å². The molecule has 0 heterocycles. The molecule has 0 saturated heterocycles. The van der Waals surface area contributed by atoms with Gasteiger partial charge in [-0.2, -0.15) is 0 Å². The zero-order valence-corrected chi connectivity index (χ0v) is 11.0. The van der Waals surface area contributed by atoms with Crippen molar-refractivity contribution in [3.63, 3.8) is 0 Å². The fourth-order valence-electron chi connectivity index (χ4n) is 1.28. The van der Waals surface area contributed by atoms with E-state index in [4.69, 9.17) is 26.8 Å². The molecule has 0 fully saturated rings. The smallest absolute Gasteiger partial charge is 0.238 e. The molecule has 1 aromatic rings. The molecule has 6 heteroatoms. The van der Waals surface area contributed by atoms with Gasteiger partial charge in [0.05, 0.1) is 18.8 Å². The SMILES string of the molecule is CCOCCOc1ccc(Cl)cc1NC(=O)CN. The van der Waals surface area contributed by atoms with E-state index in [1.54, 1.807) is 18.2 Å². The first-order chi connectivity index (χ1) is 8.67. The molecule has 0 aliphatic rings. The lowest BCUT2D eigenvalue weighted by molar-refractivity contribution is -0.114. The van der Waals surface area contributed by atoms with Crippen LogP contribution in [-0.2, 0) is 9.53 Å². The van der Waals surface area contributed by atoms with Crippen molar-refractivity contribution in [2.24, 2.45) is 5.73 Å². The molecule has 1 amide bonds. The summed E-state index contributed by atoms with van der Waals surface area (Å²) in [5, 5.41) is 3.14. The number of carbonyl (C=O) groups is 1. The second kappa shape index (κ2) is 7.92. The van der Waals surface area contributed by atoms with Crippen LogP contribution in [0.1, 0.15) is 6.92 Å². The number of carbonyl (C=O) groups excluding carboxylic acids is 1. The van der Waals surface area contributed by atoms with E-state index in [-0.39, 0.29) is 12.5 Å². The van der Waals surface area contributed by atoms with Crippen molar-refractivity contribution in [1.29, 1.82) is 0 Å². The summed E-state index contributed by atoms with van der Waals surface area (Å²) in [5.41, 5.74) is 5.75. The zero-order chi connectivity index (χ0) is 13.4. The second-order valence-electron chi connectivity index (χ2n) is 3.44. The highest BCUT2D eigenvalue weighted by Gasteiger charge is 2.07. The third-order valence-electron chi connectivity index (χ3n) is 2.09. The van der Waals surface area contributed by atoms with E-state index < -0.39 is 0 Å². The van der Waals surface area contributed by atoms with Gasteiger partial charge in [0.1, 0.15) is 12.4 Å². The Kier molecular flexibility index (Phi) is 6.49. The maximum atomic E-state index is 11.3. The first-order valence-corrected chi connectivity index (χ1v) is 6.05. The Labute approximate surface area is 111 Å². The number of anilines is 1. The lowest BCUT2D eigenvalue weighted by Crippen LogP contribution is -2.22. The maximum Gasteiger partial charge on any atom is 0.238 e. The van der Waals surface area contributed by atoms with Crippen LogP contribution in [0.15, 0.2) is 18.2 Å². The van der Waals surface area contributed by atoms with Crippen molar-refractivity contribution in [1.82, 2.24) is 0 Å². The van der Waals surface area contributed by atoms with Crippen LogP contribution in [0.25, 0.3) is 0 Å². The number of rotatable bonds is 7. The van der Waals surface area contributed by atoms with Crippen molar-refractivity contribution in [3.05, 3.63) is 23.2 Å². The van der Waals surface area contributed by atoms with E-state index >= 15 is 0 Å². The molecule has 0 aliphatic carbocycles. The summed E-state index contributed by atoms with van der Waals surface area (Å²) in [5.74, 6) is 0.243. The van der Waals surface area contributed by atoms with Crippen LogP contribution in [0.4, 0.5) is 5.69 Å². The number of benzene rings is 1. The topological polar surface area (TPSA) is 73.6 Å².